The van der Waals surface area contributed by atoms with Crippen molar-refractivity contribution in [3.63, 3.8) is 0 Å². The monoisotopic (exact) mass is 251 g/mol. The molecule has 5 nitrogen and oxygen atoms in total. The van der Waals surface area contributed by atoms with Crippen LogP contribution >= 0.6 is 0 Å². The van der Waals surface area contributed by atoms with E-state index in [9.17, 15) is 8.42 Å². The number of nitrogens with one attached hydrogen (secondary N) is 2. The van der Waals surface area contributed by atoms with E-state index in [1.807, 2.05) is 13.8 Å². The lowest BCUT2D eigenvalue weighted by molar-refractivity contribution is 0.356. The fourth-order valence-corrected chi connectivity index (χ4v) is 3.24. The standard InChI is InChI=1S/C10H25N3O2S/c1-6-10(7-2,8-11)13-16(14,15)12-9(3,4)5/h12-13H,6-8,11H2,1-5H3. The number of hydrogen-bond acceptors (Lipinski definition) is 3. The first-order chi connectivity index (χ1) is 7.10. The van der Waals surface area contributed by atoms with Crippen LogP contribution in [0, 0.1) is 0 Å². The van der Waals surface area contributed by atoms with Crippen molar-refractivity contribution in [3.05, 3.63) is 0 Å². The third-order valence-corrected chi connectivity index (χ3v) is 4.12. The van der Waals surface area contributed by atoms with Crippen molar-refractivity contribution in [2.45, 2.75) is 58.5 Å². The van der Waals surface area contributed by atoms with Gasteiger partial charge in [0.1, 0.15) is 0 Å². The van der Waals surface area contributed by atoms with Gasteiger partial charge in [0.05, 0.1) is 0 Å². The molecule has 16 heavy (non-hydrogen) atoms. The van der Waals surface area contributed by atoms with E-state index >= 15 is 0 Å². The van der Waals surface area contributed by atoms with Gasteiger partial charge in [-0.3, -0.25) is 0 Å². The van der Waals surface area contributed by atoms with Crippen molar-refractivity contribution in [2.75, 3.05) is 6.54 Å². The van der Waals surface area contributed by atoms with Crippen LogP contribution in [0.5, 0.6) is 0 Å². The van der Waals surface area contributed by atoms with Crippen molar-refractivity contribution in [3.8, 4) is 0 Å². The Kier molecular flexibility index (Phi) is 5.38. The lowest BCUT2D eigenvalue weighted by atomic mass is 9.95. The topological polar surface area (TPSA) is 84.2 Å². The molecule has 4 N–H and O–H groups in total. The van der Waals surface area contributed by atoms with E-state index in [0.29, 0.717) is 19.4 Å². The van der Waals surface area contributed by atoms with Crippen LogP contribution in [0.1, 0.15) is 47.5 Å². The summed E-state index contributed by atoms with van der Waals surface area (Å²) < 4.78 is 28.9. The van der Waals surface area contributed by atoms with E-state index in [4.69, 9.17) is 5.73 Å². The van der Waals surface area contributed by atoms with Gasteiger partial charge in [-0.2, -0.15) is 17.9 Å². The summed E-state index contributed by atoms with van der Waals surface area (Å²) in [5.74, 6) is 0. The Morgan fingerprint density at radius 2 is 1.50 bits per heavy atom. The van der Waals surface area contributed by atoms with E-state index in [1.165, 1.54) is 0 Å². The van der Waals surface area contributed by atoms with Crippen LogP contribution < -0.4 is 15.2 Å². The van der Waals surface area contributed by atoms with Crippen LogP contribution in [0.3, 0.4) is 0 Å². The first-order valence-electron chi connectivity index (χ1n) is 5.62. The maximum Gasteiger partial charge on any atom is 0.277 e. The molecule has 0 saturated carbocycles. The Hall–Kier alpha value is -0.170. The van der Waals surface area contributed by atoms with Crippen molar-refractivity contribution >= 4 is 10.2 Å². The lowest BCUT2D eigenvalue weighted by Crippen LogP contribution is -2.58. The van der Waals surface area contributed by atoms with Crippen molar-refractivity contribution in [1.82, 2.24) is 9.44 Å². The number of nitrogens with two attached hydrogens (primary N) is 1. The van der Waals surface area contributed by atoms with Gasteiger partial charge in [0.25, 0.3) is 10.2 Å². The third-order valence-electron chi connectivity index (χ3n) is 2.54. The average Bonchev–Trinajstić information content (AvgIpc) is 2.10. The van der Waals surface area contributed by atoms with Gasteiger partial charge in [-0.25, -0.2) is 0 Å². The molecule has 0 aliphatic rings. The average molecular weight is 251 g/mol. The van der Waals surface area contributed by atoms with Crippen LogP contribution in [0.2, 0.25) is 0 Å². The molecule has 0 bridgehead atoms. The molecular formula is C10H25N3O2S. The SMILES string of the molecule is CCC(CC)(CN)NS(=O)(=O)NC(C)(C)C. The molecule has 0 spiro atoms. The largest absolute Gasteiger partial charge is 0.329 e. The van der Waals surface area contributed by atoms with Gasteiger partial charge < -0.3 is 5.73 Å². The summed E-state index contributed by atoms with van der Waals surface area (Å²) in [6.45, 7) is 9.55. The van der Waals surface area contributed by atoms with Gasteiger partial charge in [0.2, 0.25) is 0 Å². The van der Waals surface area contributed by atoms with Crippen LogP contribution in [0.4, 0.5) is 0 Å². The highest BCUT2D eigenvalue weighted by Gasteiger charge is 2.31. The van der Waals surface area contributed by atoms with Gasteiger partial charge >= 0.3 is 0 Å². The van der Waals surface area contributed by atoms with E-state index in [2.05, 4.69) is 9.44 Å². The zero-order chi connectivity index (χ0) is 13.0. The zero-order valence-corrected chi connectivity index (χ0v) is 11.7. The molecule has 0 aliphatic carbocycles. The van der Waals surface area contributed by atoms with Crippen LogP contribution in [0.25, 0.3) is 0 Å². The molecule has 0 rings (SSSR count). The highest BCUT2D eigenvalue weighted by molar-refractivity contribution is 7.87. The molecule has 0 radical (unpaired) electrons. The summed E-state index contributed by atoms with van der Waals surface area (Å²) in [5.41, 5.74) is 4.61. The molecule has 0 aromatic heterocycles. The fourth-order valence-electron chi connectivity index (χ4n) is 1.44. The van der Waals surface area contributed by atoms with Crippen molar-refractivity contribution in [2.24, 2.45) is 5.73 Å². The zero-order valence-electron chi connectivity index (χ0n) is 10.9. The molecule has 0 aliphatic heterocycles. The summed E-state index contributed by atoms with van der Waals surface area (Å²) in [6.07, 6.45) is 1.34. The smallest absolute Gasteiger partial charge is 0.277 e. The molecule has 0 amide bonds. The highest BCUT2D eigenvalue weighted by Crippen LogP contribution is 2.15. The third kappa shape index (κ3) is 5.25. The molecule has 0 fully saturated rings. The first-order valence-corrected chi connectivity index (χ1v) is 7.11. The summed E-state index contributed by atoms with van der Waals surface area (Å²) in [7, 11) is -3.51. The van der Waals surface area contributed by atoms with Gasteiger partial charge in [0, 0.05) is 17.6 Å². The molecule has 6 heteroatoms. The van der Waals surface area contributed by atoms with E-state index in [-0.39, 0.29) is 0 Å². The highest BCUT2D eigenvalue weighted by atomic mass is 32.2. The Morgan fingerprint density at radius 3 is 1.75 bits per heavy atom. The van der Waals surface area contributed by atoms with Crippen LogP contribution in [-0.4, -0.2) is 26.0 Å². The fraction of sp³-hybridized carbons (Fsp3) is 1.00. The van der Waals surface area contributed by atoms with Gasteiger partial charge in [-0.15, -0.1) is 0 Å². The number of rotatable bonds is 6. The Labute approximate surface area is 99.4 Å². The lowest BCUT2D eigenvalue weighted by Gasteiger charge is -2.32. The van der Waals surface area contributed by atoms with E-state index < -0.39 is 21.3 Å². The predicted molar refractivity (Wildman–Crippen MR) is 67.3 cm³/mol. The Bertz CT molecular complexity index is 294. The van der Waals surface area contributed by atoms with E-state index in [0.717, 1.165) is 0 Å². The Morgan fingerprint density at radius 1 is 1.06 bits per heavy atom. The number of hydrogen-bond donors (Lipinski definition) is 3. The molecule has 0 atom stereocenters. The van der Waals surface area contributed by atoms with E-state index in [1.54, 1.807) is 20.8 Å². The molecule has 0 saturated heterocycles. The predicted octanol–water partition coefficient (Wildman–Crippen LogP) is 0.726. The maximum absolute atomic E-state index is 11.9. The first kappa shape index (κ1) is 15.8. The minimum atomic E-state index is -3.51. The minimum Gasteiger partial charge on any atom is -0.329 e. The van der Waals surface area contributed by atoms with Crippen molar-refractivity contribution in [1.29, 1.82) is 0 Å². The minimum absolute atomic E-state index is 0.297. The molecule has 0 aromatic rings. The second kappa shape index (κ2) is 5.44. The summed E-state index contributed by atoms with van der Waals surface area (Å²) in [6, 6.07) is 0. The molecular weight excluding hydrogens is 226 g/mol. The molecule has 0 heterocycles. The molecule has 0 unspecified atom stereocenters. The molecule has 98 valence electrons. The van der Waals surface area contributed by atoms with Crippen molar-refractivity contribution < 1.29 is 8.42 Å². The van der Waals surface area contributed by atoms with Crippen LogP contribution in [-0.2, 0) is 10.2 Å². The Balaban J connectivity index is 4.81. The second-order valence-corrected chi connectivity index (χ2v) is 6.56. The quantitative estimate of drug-likeness (QED) is 0.650. The van der Waals surface area contributed by atoms with Gasteiger partial charge in [-0.1, -0.05) is 13.8 Å². The molecule has 0 aromatic carbocycles. The maximum atomic E-state index is 11.9. The summed E-state index contributed by atoms with van der Waals surface area (Å²) >= 11 is 0. The van der Waals surface area contributed by atoms with Crippen LogP contribution in [0.15, 0.2) is 0 Å². The van der Waals surface area contributed by atoms with Gasteiger partial charge in [0.15, 0.2) is 0 Å². The summed E-state index contributed by atoms with van der Waals surface area (Å²) in [4.78, 5) is 0. The second-order valence-electron chi connectivity index (χ2n) is 5.15. The van der Waals surface area contributed by atoms with Gasteiger partial charge in [-0.05, 0) is 33.6 Å². The summed E-state index contributed by atoms with van der Waals surface area (Å²) in [5, 5.41) is 0. The normalized spacial score (nSPS) is 14.1.